The summed E-state index contributed by atoms with van der Waals surface area (Å²) in [5.74, 6) is 0.245. The number of hydrogen-bond acceptors (Lipinski definition) is 5. The van der Waals surface area contributed by atoms with Crippen molar-refractivity contribution in [2.24, 2.45) is 0 Å². The first-order valence-corrected chi connectivity index (χ1v) is 5.99. The van der Waals surface area contributed by atoms with Gasteiger partial charge in [0.15, 0.2) is 0 Å². The van der Waals surface area contributed by atoms with E-state index in [0.717, 1.165) is 5.69 Å². The Balaban J connectivity index is 2.64. The van der Waals surface area contributed by atoms with Gasteiger partial charge < -0.3 is 9.84 Å². The fourth-order valence-electron chi connectivity index (χ4n) is 1.06. The molecule has 0 aromatic carbocycles. The van der Waals surface area contributed by atoms with E-state index in [1.165, 1.54) is 7.11 Å². The van der Waals surface area contributed by atoms with E-state index < -0.39 is 5.97 Å². The van der Waals surface area contributed by atoms with E-state index in [1.807, 2.05) is 13.0 Å². The molecule has 0 aliphatic rings. The first kappa shape index (κ1) is 13.0. The molecule has 0 radical (unpaired) electrons. The SMILES string of the molecule is COC(=O)c1cccc(CSC(C)CO)n1. The minimum atomic E-state index is -0.429. The number of hydrogen-bond donors (Lipinski definition) is 1. The molecule has 0 saturated heterocycles. The standard InChI is InChI=1S/C11H15NO3S/c1-8(6-13)16-7-9-4-3-5-10(12-9)11(14)15-2/h3-5,8,13H,6-7H2,1-2H3. The van der Waals surface area contributed by atoms with Crippen molar-refractivity contribution in [1.82, 2.24) is 4.98 Å². The molecule has 0 aliphatic carbocycles. The molecule has 0 bridgehead atoms. The van der Waals surface area contributed by atoms with Gasteiger partial charge in [-0.15, -0.1) is 0 Å². The smallest absolute Gasteiger partial charge is 0.356 e. The lowest BCUT2D eigenvalue weighted by molar-refractivity contribution is 0.0594. The molecule has 0 aliphatic heterocycles. The highest BCUT2D eigenvalue weighted by Crippen LogP contribution is 2.16. The molecule has 4 nitrogen and oxygen atoms in total. The second-order valence-electron chi connectivity index (χ2n) is 3.31. The quantitative estimate of drug-likeness (QED) is 0.791. The third-order valence-corrected chi connectivity index (χ3v) is 3.15. The molecular weight excluding hydrogens is 226 g/mol. The molecule has 1 atom stereocenters. The molecule has 0 saturated carbocycles. The van der Waals surface area contributed by atoms with Crippen LogP contribution >= 0.6 is 11.8 Å². The summed E-state index contributed by atoms with van der Waals surface area (Å²) >= 11 is 1.59. The van der Waals surface area contributed by atoms with Gasteiger partial charge in [0, 0.05) is 11.0 Å². The molecule has 1 rings (SSSR count). The predicted octanol–water partition coefficient (Wildman–Crippen LogP) is 1.48. The number of rotatable bonds is 5. The normalized spacial score (nSPS) is 12.2. The predicted molar refractivity (Wildman–Crippen MR) is 63.4 cm³/mol. The number of methoxy groups -OCH3 is 1. The van der Waals surface area contributed by atoms with E-state index in [4.69, 9.17) is 5.11 Å². The molecule has 16 heavy (non-hydrogen) atoms. The highest BCUT2D eigenvalue weighted by atomic mass is 32.2. The average Bonchev–Trinajstić information content (AvgIpc) is 2.35. The van der Waals surface area contributed by atoms with Crippen LogP contribution in [0.25, 0.3) is 0 Å². The van der Waals surface area contributed by atoms with E-state index in [0.29, 0.717) is 11.4 Å². The number of carbonyl (C=O) groups is 1. The van der Waals surface area contributed by atoms with Gasteiger partial charge in [0.05, 0.1) is 19.4 Å². The number of carbonyl (C=O) groups excluding carboxylic acids is 1. The highest BCUT2D eigenvalue weighted by Gasteiger charge is 2.08. The van der Waals surface area contributed by atoms with Gasteiger partial charge in [-0.2, -0.15) is 11.8 Å². The lowest BCUT2D eigenvalue weighted by Crippen LogP contribution is -2.07. The minimum Gasteiger partial charge on any atom is -0.464 e. The average molecular weight is 241 g/mol. The molecule has 1 aromatic heterocycles. The van der Waals surface area contributed by atoms with Crippen LogP contribution in [0.2, 0.25) is 0 Å². The summed E-state index contributed by atoms with van der Waals surface area (Å²) in [7, 11) is 1.33. The number of pyridine rings is 1. The zero-order valence-corrected chi connectivity index (χ0v) is 10.2. The second-order valence-corrected chi connectivity index (χ2v) is 4.74. The van der Waals surface area contributed by atoms with Gasteiger partial charge in [-0.1, -0.05) is 13.0 Å². The number of aromatic nitrogens is 1. The van der Waals surface area contributed by atoms with Gasteiger partial charge in [-0.25, -0.2) is 9.78 Å². The Labute approximate surface area is 99.0 Å². The van der Waals surface area contributed by atoms with E-state index in [9.17, 15) is 4.79 Å². The number of thioether (sulfide) groups is 1. The van der Waals surface area contributed by atoms with Crippen molar-refractivity contribution < 1.29 is 14.6 Å². The first-order valence-electron chi connectivity index (χ1n) is 4.94. The maximum Gasteiger partial charge on any atom is 0.356 e. The first-order chi connectivity index (χ1) is 7.67. The second kappa shape index (κ2) is 6.50. The van der Waals surface area contributed by atoms with Crippen molar-refractivity contribution >= 4 is 17.7 Å². The number of aliphatic hydroxyl groups excluding tert-OH is 1. The topological polar surface area (TPSA) is 59.4 Å². The van der Waals surface area contributed by atoms with Crippen molar-refractivity contribution in [1.29, 1.82) is 0 Å². The Kier molecular flexibility index (Phi) is 5.28. The van der Waals surface area contributed by atoms with Crippen LogP contribution in [0.5, 0.6) is 0 Å². The summed E-state index contributed by atoms with van der Waals surface area (Å²) in [5.41, 5.74) is 1.13. The molecule has 1 aromatic rings. The Morgan fingerprint density at radius 2 is 2.38 bits per heavy atom. The molecule has 1 heterocycles. The van der Waals surface area contributed by atoms with Crippen LogP contribution < -0.4 is 0 Å². The van der Waals surface area contributed by atoms with Crippen LogP contribution in [0.1, 0.15) is 23.1 Å². The Morgan fingerprint density at radius 1 is 1.62 bits per heavy atom. The maximum absolute atomic E-state index is 11.2. The summed E-state index contributed by atoms with van der Waals surface area (Å²) in [6, 6.07) is 5.25. The molecule has 0 amide bonds. The van der Waals surface area contributed by atoms with Crippen molar-refractivity contribution in [3.05, 3.63) is 29.6 Å². The summed E-state index contributed by atoms with van der Waals surface area (Å²) in [4.78, 5) is 15.4. The highest BCUT2D eigenvalue weighted by molar-refractivity contribution is 7.99. The van der Waals surface area contributed by atoms with E-state index in [2.05, 4.69) is 9.72 Å². The third kappa shape index (κ3) is 3.83. The van der Waals surface area contributed by atoms with Gasteiger partial charge in [-0.3, -0.25) is 0 Å². The maximum atomic E-state index is 11.2. The van der Waals surface area contributed by atoms with Crippen molar-refractivity contribution in [3.63, 3.8) is 0 Å². The Morgan fingerprint density at radius 3 is 3.00 bits per heavy atom. The van der Waals surface area contributed by atoms with Crippen LogP contribution in [0.4, 0.5) is 0 Å². The molecule has 0 spiro atoms. The van der Waals surface area contributed by atoms with Crippen LogP contribution in [0, 0.1) is 0 Å². The van der Waals surface area contributed by atoms with Gasteiger partial charge in [0.1, 0.15) is 5.69 Å². The number of esters is 1. The molecule has 5 heteroatoms. The van der Waals surface area contributed by atoms with Crippen molar-refractivity contribution in [2.75, 3.05) is 13.7 Å². The third-order valence-electron chi connectivity index (χ3n) is 1.97. The zero-order valence-electron chi connectivity index (χ0n) is 9.34. The monoisotopic (exact) mass is 241 g/mol. The van der Waals surface area contributed by atoms with Gasteiger partial charge in [0.2, 0.25) is 0 Å². The van der Waals surface area contributed by atoms with Crippen LogP contribution in [0.3, 0.4) is 0 Å². The summed E-state index contributed by atoms with van der Waals surface area (Å²) in [5, 5.41) is 9.05. The molecule has 1 N–H and O–H groups in total. The van der Waals surface area contributed by atoms with Crippen LogP contribution in [0.15, 0.2) is 18.2 Å². The summed E-state index contributed by atoms with van der Waals surface area (Å²) in [6.45, 7) is 2.08. The number of ether oxygens (including phenoxy) is 1. The lowest BCUT2D eigenvalue weighted by atomic mass is 10.3. The largest absolute Gasteiger partial charge is 0.464 e. The molecule has 88 valence electrons. The van der Waals surface area contributed by atoms with E-state index in [-0.39, 0.29) is 11.9 Å². The zero-order chi connectivity index (χ0) is 12.0. The summed E-state index contributed by atoms with van der Waals surface area (Å²) < 4.78 is 4.59. The van der Waals surface area contributed by atoms with Crippen molar-refractivity contribution in [3.8, 4) is 0 Å². The molecule has 0 fully saturated rings. The molecular formula is C11H15NO3S. The fraction of sp³-hybridized carbons (Fsp3) is 0.455. The fourth-order valence-corrected chi connectivity index (χ4v) is 1.78. The summed E-state index contributed by atoms with van der Waals surface area (Å²) in [6.07, 6.45) is 0. The van der Waals surface area contributed by atoms with Gasteiger partial charge in [0.25, 0.3) is 0 Å². The van der Waals surface area contributed by atoms with Gasteiger partial charge >= 0.3 is 5.97 Å². The number of aliphatic hydroxyl groups is 1. The Bertz CT molecular complexity index is 357. The Hall–Kier alpha value is -1.07. The van der Waals surface area contributed by atoms with Crippen LogP contribution in [-0.4, -0.2) is 35.0 Å². The van der Waals surface area contributed by atoms with E-state index >= 15 is 0 Å². The van der Waals surface area contributed by atoms with E-state index in [1.54, 1.807) is 23.9 Å². The minimum absolute atomic E-state index is 0.140. The lowest BCUT2D eigenvalue weighted by Gasteiger charge is -2.07. The van der Waals surface area contributed by atoms with Crippen LogP contribution in [-0.2, 0) is 10.5 Å². The number of nitrogens with zero attached hydrogens (tertiary/aromatic N) is 1. The molecule has 1 unspecified atom stereocenters. The van der Waals surface area contributed by atoms with Gasteiger partial charge in [-0.05, 0) is 12.1 Å². The van der Waals surface area contributed by atoms with Crippen molar-refractivity contribution in [2.45, 2.75) is 17.9 Å².